The van der Waals surface area contributed by atoms with E-state index in [9.17, 15) is 8.42 Å². The predicted molar refractivity (Wildman–Crippen MR) is 103 cm³/mol. The minimum Gasteiger partial charge on any atom is -0.340 e. The third-order valence-corrected chi connectivity index (χ3v) is 6.86. The van der Waals surface area contributed by atoms with E-state index in [0.717, 1.165) is 22.5 Å². The summed E-state index contributed by atoms with van der Waals surface area (Å²) < 4.78 is 29.3. The zero-order valence-electron chi connectivity index (χ0n) is 15.0. The van der Waals surface area contributed by atoms with Crippen molar-refractivity contribution in [2.24, 2.45) is 7.05 Å². The van der Waals surface area contributed by atoms with Crippen molar-refractivity contribution in [3.05, 3.63) is 54.1 Å². The average Bonchev–Trinajstić information content (AvgIpc) is 2.99. The topological polar surface area (TPSA) is 58.4 Å². The molecule has 26 heavy (non-hydrogen) atoms. The zero-order valence-corrected chi connectivity index (χ0v) is 15.8. The third kappa shape index (κ3) is 2.87. The van der Waals surface area contributed by atoms with Gasteiger partial charge in [-0.2, -0.15) is 4.31 Å². The smallest absolute Gasteiger partial charge is 0.243 e. The van der Waals surface area contributed by atoms with Crippen LogP contribution in [0.25, 0.3) is 11.0 Å². The van der Waals surface area contributed by atoms with Crippen molar-refractivity contribution in [3.63, 3.8) is 0 Å². The summed E-state index contributed by atoms with van der Waals surface area (Å²) in [6.07, 6.45) is 0. The molecule has 0 radical (unpaired) electrons. The molecule has 3 aromatic rings. The van der Waals surface area contributed by atoms with Crippen molar-refractivity contribution >= 4 is 27.0 Å². The highest BCUT2D eigenvalue weighted by Gasteiger charge is 2.29. The minimum atomic E-state index is -3.44. The molecule has 0 bridgehead atoms. The maximum absolute atomic E-state index is 12.8. The molecule has 1 aliphatic heterocycles. The van der Waals surface area contributed by atoms with Crippen LogP contribution < -0.4 is 4.90 Å². The van der Waals surface area contributed by atoms with Crippen molar-refractivity contribution in [3.8, 4) is 0 Å². The van der Waals surface area contributed by atoms with Crippen LogP contribution in [0.2, 0.25) is 0 Å². The first-order valence-corrected chi connectivity index (χ1v) is 10.1. The van der Waals surface area contributed by atoms with Crippen molar-refractivity contribution in [2.45, 2.75) is 11.8 Å². The number of hydrogen-bond acceptors (Lipinski definition) is 4. The molecule has 136 valence electrons. The monoisotopic (exact) mass is 370 g/mol. The number of anilines is 1. The van der Waals surface area contributed by atoms with E-state index in [1.165, 1.54) is 0 Å². The minimum absolute atomic E-state index is 0.360. The number of rotatable bonds is 3. The van der Waals surface area contributed by atoms with Crippen LogP contribution in [0.3, 0.4) is 0 Å². The van der Waals surface area contributed by atoms with Crippen LogP contribution in [0.5, 0.6) is 0 Å². The van der Waals surface area contributed by atoms with Gasteiger partial charge >= 0.3 is 0 Å². The van der Waals surface area contributed by atoms with E-state index in [1.54, 1.807) is 16.4 Å². The Labute approximate surface area is 153 Å². The number of imidazole rings is 1. The van der Waals surface area contributed by atoms with E-state index in [0.29, 0.717) is 31.1 Å². The largest absolute Gasteiger partial charge is 0.340 e. The maximum atomic E-state index is 12.8. The fourth-order valence-corrected chi connectivity index (χ4v) is 4.83. The summed E-state index contributed by atoms with van der Waals surface area (Å²) in [4.78, 5) is 7.23. The van der Waals surface area contributed by atoms with Gasteiger partial charge in [0.2, 0.25) is 16.0 Å². The molecule has 1 aromatic heterocycles. The lowest BCUT2D eigenvalue weighted by atomic mass is 10.2. The highest BCUT2D eigenvalue weighted by atomic mass is 32.2. The van der Waals surface area contributed by atoms with Gasteiger partial charge in [0, 0.05) is 33.2 Å². The molecule has 0 N–H and O–H groups in total. The van der Waals surface area contributed by atoms with Crippen molar-refractivity contribution in [1.82, 2.24) is 13.9 Å². The first kappa shape index (κ1) is 17.1. The molecule has 4 rings (SSSR count). The molecule has 1 fully saturated rings. The number of piperazine rings is 1. The van der Waals surface area contributed by atoms with Crippen LogP contribution in [0, 0.1) is 6.92 Å². The molecular weight excluding hydrogens is 348 g/mol. The van der Waals surface area contributed by atoms with Crippen LogP contribution >= 0.6 is 0 Å². The van der Waals surface area contributed by atoms with Gasteiger partial charge in [0.05, 0.1) is 15.9 Å². The lowest BCUT2D eigenvalue weighted by molar-refractivity contribution is 0.381. The van der Waals surface area contributed by atoms with Gasteiger partial charge < -0.3 is 9.47 Å². The van der Waals surface area contributed by atoms with Gasteiger partial charge in [0.25, 0.3) is 0 Å². The normalized spacial score (nSPS) is 16.3. The molecule has 0 amide bonds. The average molecular weight is 370 g/mol. The molecule has 0 spiro atoms. The molecule has 2 aromatic carbocycles. The lowest BCUT2D eigenvalue weighted by Gasteiger charge is -2.34. The summed E-state index contributed by atoms with van der Waals surface area (Å²) in [5, 5.41) is 0. The van der Waals surface area contributed by atoms with Gasteiger partial charge in [-0.1, -0.05) is 29.8 Å². The number of fused-ring (bicyclic) bond motifs is 1. The van der Waals surface area contributed by atoms with E-state index in [1.807, 2.05) is 50.4 Å². The Bertz CT molecular complexity index is 1030. The van der Waals surface area contributed by atoms with Gasteiger partial charge in [-0.3, -0.25) is 0 Å². The Morgan fingerprint density at radius 2 is 1.58 bits per heavy atom. The Morgan fingerprint density at radius 3 is 2.23 bits per heavy atom. The van der Waals surface area contributed by atoms with Crippen LogP contribution in [0.15, 0.2) is 53.4 Å². The van der Waals surface area contributed by atoms with E-state index in [-0.39, 0.29) is 0 Å². The Hall–Kier alpha value is -2.38. The number of aryl methyl sites for hydroxylation is 2. The molecule has 2 heterocycles. The predicted octanol–water partition coefficient (Wildman–Crippen LogP) is 2.39. The SMILES string of the molecule is Cc1ccc(S(=O)(=O)N2CCN(c3nc4ccccc4n3C)CC2)cc1. The molecule has 0 saturated carbocycles. The summed E-state index contributed by atoms with van der Waals surface area (Å²) in [7, 11) is -1.44. The standard InChI is InChI=1S/C19H22N4O2S/c1-15-7-9-16(10-8-15)26(24,25)23-13-11-22(12-14-23)19-20-17-5-3-4-6-18(17)21(19)2/h3-10H,11-14H2,1-2H3. The zero-order chi connectivity index (χ0) is 18.3. The fourth-order valence-electron chi connectivity index (χ4n) is 3.40. The number of para-hydroxylation sites is 2. The molecular formula is C19H22N4O2S. The summed E-state index contributed by atoms with van der Waals surface area (Å²) in [6, 6.07) is 15.1. The number of hydrogen-bond donors (Lipinski definition) is 0. The molecule has 1 saturated heterocycles. The first-order valence-electron chi connectivity index (χ1n) is 8.70. The van der Waals surface area contributed by atoms with Crippen LogP contribution in [0.4, 0.5) is 5.95 Å². The number of aromatic nitrogens is 2. The third-order valence-electron chi connectivity index (χ3n) is 4.94. The Morgan fingerprint density at radius 1 is 0.923 bits per heavy atom. The van der Waals surface area contributed by atoms with E-state index >= 15 is 0 Å². The summed E-state index contributed by atoms with van der Waals surface area (Å²) in [5.74, 6) is 0.888. The summed E-state index contributed by atoms with van der Waals surface area (Å²) in [6.45, 7) is 4.12. The van der Waals surface area contributed by atoms with E-state index in [4.69, 9.17) is 4.98 Å². The molecule has 6 nitrogen and oxygen atoms in total. The second kappa shape index (κ2) is 6.41. The fraction of sp³-hybridized carbons (Fsp3) is 0.316. The van der Waals surface area contributed by atoms with Gasteiger partial charge in [-0.15, -0.1) is 0 Å². The molecule has 0 aliphatic carbocycles. The molecule has 0 unspecified atom stereocenters. The van der Waals surface area contributed by atoms with Gasteiger partial charge in [-0.05, 0) is 31.2 Å². The summed E-state index contributed by atoms with van der Waals surface area (Å²) >= 11 is 0. The van der Waals surface area contributed by atoms with Crippen LogP contribution in [0.1, 0.15) is 5.56 Å². The quantitative estimate of drug-likeness (QED) is 0.710. The molecule has 0 atom stereocenters. The highest BCUT2D eigenvalue weighted by molar-refractivity contribution is 7.89. The lowest BCUT2D eigenvalue weighted by Crippen LogP contribution is -2.49. The second-order valence-corrected chi connectivity index (χ2v) is 8.60. The van der Waals surface area contributed by atoms with Crippen molar-refractivity contribution in [1.29, 1.82) is 0 Å². The van der Waals surface area contributed by atoms with Gasteiger partial charge in [0.15, 0.2) is 0 Å². The Balaban J connectivity index is 1.53. The number of nitrogens with zero attached hydrogens (tertiary/aromatic N) is 4. The molecule has 7 heteroatoms. The molecule has 1 aliphatic rings. The maximum Gasteiger partial charge on any atom is 0.243 e. The van der Waals surface area contributed by atoms with Gasteiger partial charge in [0.1, 0.15) is 0 Å². The van der Waals surface area contributed by atoms with Crippen molar-refractivity contribution < 1.29 is 8.42 Å². The van der Waals surface area contributed by atoms with Crippen LogP contribution in [-0.2, 0) is 17.1 Å². The number of benzene rings is 2. The van der Waals surface area contributed by atoms with Gasteiger partial charge in [-0.25, -0.2) is 13.4 Å². The highest BCUT2D eigenvalue weighted by Crippen LogP contribution is 2.24. The van der Waals surface area contributed by atoms with E-state index < -0.39 is 10.0 Å². The van der Waals surface area contributed by atoms with Crippen molar-refractivity contribution in [2.75, 3.05) is 31.1 Å². The summed E-state index contributed by atoms with van der Waals surface area (Å²) in [5.41, 5.74) is 3.09. The Kier molecular flexibility index (Phi) is 4.20. The second-order valence-electron chi connectivity index (χ2n) is 6.66. The first-order chi connectivity index (χ1) is 12.5. The van der Waals surface area contributed by atoms with E-state index in [2.05, 4.69) is 9.47 Å². The van der Waals surface area contributed by atoms with Crippen LogP contribution in [-0.4, -0.2) is 48.5 Å². The number of sulfonamides is 1.